The summed E-state index contributed by atoms with van der Waals surface area (Å²) in [5, 5.41) is 6.51. The zero-order valence-electron chi connectivity index (χ0n) is 16.7. The molecule has 1 aliphatic carbocycles. The SMILES string of the molecule is COc1nc(NCC2CCC(NC(=O)c3cc(C(F)(F)F)ccc3Cl)CC2)ccc1Cl. The van der Waals surface area contributed by atoms with Gasteiger partial charge in [0.25, 0.3) is 5.91 Å². The van der Waals surface area contributed by atoms with Crippen molar-refractivity contribution >= 4 is 34.9 Å². The minimum Gasteiger partial charge on any atom is -0.480 e. The van der Waals surface area contributed by atoms with E-state index in [1.165, 1.54) is 7.11 Å². The Morgan fingerprint density at radius 2 is 1.81 bits per heavy atom. The topological polar surface area (TPSA) is 63.2 Å². The summed E-state index contributed by atoms with van der Waals surface area (Å²) in [6.45, 7) is 0.706. The number of aromatic nitrogens is 1. The van der Waals surface area contributed by atoms with Gasteiger partial charge in [-0.3, -0.25) is 4.79 Å². The molecule has 1 heterocycles. The van der Waals surface area contributed by atoms with Crippen LogP contribution in [0.1, 0.15) is 41.6 Å². The Kier molecular flexibility index (Phi) is 7.54. The Bertz CT molecular complexity index is 933. The van der Waals surface area contributed by atoms with Gasteiger partial charge in [0.2, 0.25) is 5.88 Å². The number of anilines is 1. The van der Waals surface area contributed by atoms with Gasteiger partial charge in [-0.1, -0.05) is 23.2 Å². The number of pyridine rings is 1. The van der Waals surface area contributed by atoms with Crippen LogP contribution in [0, 0.1) is 5.92 Å². The molecule has 0 aliphatic heterocycles. The molecule has 1 aromatic carbocycles. The summed E-state index contributed by atoms with van der Waals surface area (Å²) in [6, 6.07) is 6.13. The number of amides is 1. The largest absolute Gasteiger partial charge is 0.480 e. The van der Waals surface area contributed by atoms with E-state index in [2.05, 4.69) is 15.6 Å². The number of hydrogen-bond donors (Lipinski definition) is 2. The maximum Gasteiger partial charge on any atom is 0.416 e. The van der Waals surface area contributed by atoms with Gasteiger partial charge in [0.15, 0.2) is 0 Å². The highest BCUT2D eigenvalue weighted by Gasteiger charge is 2.32. The third-order valence-corrected chi connectivity index (χ3v) is 5.92. The fourth-order valence-corrected chi connectivity index (χ4v) is 3.95. The van der Waals surface area contributed by atoms with Crippen LogP contribution in [-0.4, -0.2) is 30.6 Å². The first-order valence-corrected chi connectivity index (χ1v) is 10.5. The Labute approximate surface area is 188 Å². The van der Waals surface area contributed by atoms with Gasteiger partial charge in [-0.15, -0.1) is 0 Å². The molecule has 1 aliphatic rings. The molecule has 31 heavy (non-hydrogen) atoms. The lowest BCUT2D eigenvalue weighted by Gasteiger charge is -2.29. The van der Waals surface area contributed by atoms with Crippen molar-refractivity contribution in [3.05, 3.63) is 51.5 Å². The van der Waals surface area contributed by atoms with E-state index >= 15 is 0 Å². The lowest BCUT2D eigenvalue weighted by atomic mass is 9.86. The highest BCUT2D eigenvalue weighted by Crippen LogP contribution is 2.32. The molecule has 5 nitrogen and oxygen atoms in total. The van der Waals surface area contributed by atoms with Gasteiger partial charge in [-0.2, -0.15) is 18.2 Å². The third-order valence-electron chi connectivity index (χ3n) is 5.30. The third kappa shape index (κ3) is 6.17. The zero-order valence-corrected chi connectivity index (χ0v) is 18.2. The first-order valence-electron chi connectivity index (χ1n) is 9.79. The fraction of sp³-hybridized carbons (Fsp3) is 0.429. The molecule has 0 atom stereocenters. The van der Waals surface area contributed by atoms with Crippen LogP contribution < -0.4 is 15.4 Å². The summed E-state index contributed by atoms with van der Waals surface area (Å²) in [5.41, 5.74) is -1.06. The van der Waals surface area contributed by atoms with Gasteiger partial charge in [-0.05, 0) is 61.9 Å². The van der Waals surface area contributed by atoms with Crippen LogP contribution in [0.4, 0.5) is 19.0 Å². The molecule has 2 N–H and O–H groups in total. The number of carbonyl (C=O) groups excluding carboxylic acids is 1. The molecule has 0 spiro atoms. The number of alkyl halides is 3. The van der Waals surface area contributed by atoms with Crippen LogP contribution in [0.15, 0.2) is 30.3 Å². The molecule has 1 saturated carbocycles. The van der Waals surface area contributed by atoms with Crippen molar-refractivity contribution < 1.29 is 22.7 Å². The molecule has 0 bridgehead atoms. The number of benzene rings is 1. The highest BCUT2D eigenvalue weighted by molar-refractivity contribution is 6.33. The van der Waals surface area contributed by atoms with Gasteiger partial charge in [0, 0.05) is 12.6 Å². The Morgan fingerprint density at radius 3 is 2.45 bits per heavy atom. The number of nitrogens with one attached hydrogen (secondary N) is 2. The van der Waals surface area contributed by atoms with Crippen molar-refractivity contribution in [3.63, 3.8) is 0 Å². The molecule has 10 heteroatoms. The lowest BCUT2D eigenvalue weighted by Crippen LogP contribution is -2.38. The molecule has 1 fully saturated rings. The Morgan fingerprint density at radius 1 is 1.13 bits per heavy atom. The lowest BCUT2D eigenvalue weighted by molar-refractivity contribution is -0.137. The normalized spacial score (nSPS) is 19.0. The van der Waals surface area contributed by atoms with E-state index in [-0.39, 0.29) is 16.6 Å². The number of nitrogens with zero attached hydrogens (tertiary/aromatic N) is 1. The van der Waals surface area contributed by atoms with E-state index in [1.807, 2.05) is 0 Å². The van der Waals surface area contributed by atoms with Gasteiger partial charge in [0.1, 0.15) is 10.8 Å². The summed E-state index contributed by atoms with van der Waals surface area (Å²) in [7, 11) is 1.50. The summed E-state index contributed by atoms with van der Waals surface area (Å²) < 4.78 is 43.9. The second kappa shape index (κ2) is 9.96. The zero-order chi connectivity index (χ0) is 22.6. The molecule has 0 radical (unpaired) electrons. The average molecular weight is 476 g/mol. The van der Waals surface area contributed by atoms with E-state index in [9.17, 15) is 18.0 Å². The number of methoxy groups -OCH3 is 1. The number of halogens is 5. The predicted octanol–water partition coefficient (Wildman–Crippen LogP) is 5.82. The molecule has 0 unspecified atom stereocenters. The quantitative estimate of drug-likeness (QED) is 0.552. The standard InChI is InChI=1S/C21H22Cl2F3N3O2/c1-31-20-17(23)8-9-18(29-20)27-11-12-2-5-14(6-3-12)28-19(30)15-10-13(21(24,25)26)4-7-16(15)22/h4,7-10,12,14H,2-3,5-6,11H2,1H3,(H,27,29)(H,28,30). The van der Waals surface area contributed by atoms with E-state index < -0.39 is 17.6 Å². The number of hydrogen-bond acceptors (Lipinski definition) is 4. The number of rotatable bonds is 6. The van der Waals surface area contributed by atoms with Crippen LogP contribution in [0.3, 0.4) is 0 Å². The van der Waals surface area contributed by atoms with Crippen molar-refractivity contribution in [1.29, 1.82) is 0 Å². The van der Waals surface area contributed by atoms with E-state index in [0.29, 0.717) is 29.2 Å². The summed E-state index contributed by atoms with van der Waals surface area (Å²) in [5.74, 6) is 0.811. The van der Waals surface area contributed by atoms with Gasteiger partial charge in [-0.25, -0.2) is 0 Å². The molecule has 3 rings (SSSR count). The smallest absolute Gasteiger partial charge is 0.416 e. The average Bonchev–Trinajstić information content (AvgIpc) is 2.73. The first kappa shape index (κ1) is 23.5. The predicted molar refractivity (Wildman–Crippen MR) is 114 cm³/mol. The highest BCUT2D eigenvalue weighted by atomic mass is 35.5. The van der Waals surface area contributed by atoms with Crippen LogP contribution in [0.2, 0.25) is 10.0 Å². The van der Waals surface area contributed by atoms with Crippen LogP contribution in [0.25, 0.3) is 0 Å². The maximum absolute atomic E-state index is 12.9. The second-order valence-corrected chi connectivity index (χ2v) is 8.27. The molecule has 0 saturated heterocycles. The second-order valence-electron chi connectivity index (χ2n) is 7.45. The van der Waals surface area contributed by atoms with Crippen molar-refractivity contribution in [2.45, 2.75) is 37.9 Å². The molecule has 168 valence electrons. The fourth-order valence-electron chi connectivity index (χ4n) is 3.56. The first-order chi connectivity index (χ1) is 14.7. The van der Waals surface area contributed by atoms with Crippen molar-refractivity contribution in [1.82, 2.24) is 10.3 Å². The Hall–Kier alpha value is -2.19. The molecular formula is C21H22Cl2F3N3O2. The maximum atomic E-state index is 12.9. The minimum absolute atomic E-state index is 0.00530. The van der Waals surface area contributed by atoms with E-state index in [1.54, 1.807) is 12.1 Å². The van der Waals surface area contributed by atoms with Gasteiger partial charge < -0.3 is 15.4 Å². The molecule has 1 amide bonds. The summed E-state index contributed by atoms with van der Waals surface area (Å²) >= 11 is 11.9. The summed E-state index contributed by atoms with van der Waals surface area (Å²) in [4.78, 5) is 16.8. The van der Waals surface area contributed by atoms with Crippen LogP contribution in [0.5, 0.6) is 5.88 Å². The minimum atomic E-state index is -4.53. The van der Waals surface area contributed by atoms with Crippen molar-refractivity contribution in [2.24, 2.45) is 5.92 Å². The molecule has 1 aromatic heterocycles. The van der Waals surface area contributed by atoms with Crippen molar-refractivity contribution in [3.8, 4) is 5.88 Å². The molecule has 2 aromatic rings. The summed E-state index contributed by atoms with van der Waals surface area (Å²) in [6.07, 6.45) is -1.36. The number of carbonyl (C=O) groups is 1. The monoisotopic (exact) mass is 475 g/mol. The van der Waals surface area contributed by atoms with Gasteiger partial charge in [0.05, 0.1) is 23.3 Å². The van der Waals surface area contributed by atoms with E-state index in [4.69, 9.17) is 27.9 Å². The van der Waals surface area contributed by atoms with Crippen LogP contribution >= 0.6 is 23.2 Å². The number of ether oxygens (including phenoxy) is 1. The van der Waals surface area contributed by atoms with Gasteiger partial charge >= 0.3 is 6.18 Å². The Balaban J connectivity index is 1.51. The van der Waals surface area contributed by atoms with Crippen molar-refractivity contribution in [2.75, 3.05) is 19.0 Å². The molecular weight excluding hydrogens is 454 g/mol. The van der Waals surface area contributed by atoms with Crippen LogP contribution in [-0.2, 0) is 6.18 Å². The van der Waals surface area contributed by atoms with E-state index in [0.717, 1.165) is 43.9 Å².